The van der Waals surface area contributed by atoms with Crippen LogP contribution in [0.5, 0.6) is 0 Å². The predicted molar refractivity (Wildman–Crippen MR) is 144 cm³/mol. The van der Waals surface area contributed by atoms with Gasteiger partial charge in [-0.2, -0.15) is 0 Å². The first kappa shape index (κ1) is 25.2. The summed E-state index contributed by atoms with van der Waals surface area (Å²) in [4.78, 5) is 0. The van der Waals surface area contributed by atoms with Gasteiger partial charge in [0.2, 0.25) is 0 Å². The molecule has 2 heteroatoms. The largest absolute Gasteiger partial charge is 0.204 e. The van der Waals surface area contributed by atoms with Gasteiger partial charge in [-0.3, -0.25) is 0 Å². The Morgan fingerprint density at radius 1 is 0.686 bits per heavy atom. The molecule has 3 aliphatic rings. The molecule has 0 saturated heterocycles. The number of hydrogen-bond donors (Lipinski definition) is 0. The Balaban J connectivity index is 1.09. The molecule has 3 aliphatic carbocycles. The van der Waals surface area contributed by atoms with Crippen molar-refractivity contribution >= 4 is 10.8 Å². The van der Waals surface area contributed by atoms with Crippen LogP contribution >= 0.6 is 0 Å². The molecule has 3 saturated carbocycles. The Hall–Kier alpha value is -1.44. The minimum atomic E-state index is -0.753. The van der Waals surface area contributed by atoms with E-state index in [0.717, 1.165) is 35.0 Å². The van der Waals surface area contributed by atoms with Gasteiger partial charge >= 0.3 is 0 Å². The second-order valence-corrected chi connectivity index (χ2v) is 12.4. The number of hydrogen-bond acceptors (Lipinski definition) is 0. The van der Waals surface area contributed by atoms with Gasteiger partial charge in [0.1, 0.15) is 0 Å². The van der Waals surface area contributed by atoms with Crippen molar-refractivity contribution in [3.8, 4) is 0 Å². The van der Waals surface area contributed by atoms with Gasteiger partial charge in [0.25, 0.3) is 0 Å². The van der Waals surface area contributed by atoms with Gasteiger partial charge < -0.3 is 0 Å². The molecule has 0 aromatic heterocycles. The molecule has 0 spiro atoms. The third kappa shape index (κ3) is 5.94. The molecule has 4 atom stereocenters. The molecule has 0 amide bonds. The topological polar surface area (TPSA) is 0 Å². The van der Waals surface area contributed by atoms with Gasteiger partial charge in [0.05, 0.1) is 0 Å². The molecule has 5 rings (SSSR count). The van der Waals surface area contributed by atoms with Crippen molar-refractivity contribution in [1.82, 2.24) is 0 Å². The molecule has 0 N–H and O–H groups in total. The molecule has 0 aliphatic heterocycles. The Bertz CT molecular complexity index is 957. The molecular weight excluding hydrogens is 434 g/mol. The molecule has 3 fully saturated rings. The summed E-state index contributed by atoms with van der Waals surface area (Å²) in [5, 5.41) is 1.24. The number of halogens is 2. The smallest absolute Gasteiger partial charge is 0.166 e. The van der Waals surface area contributed by atoms with Crippen molar-refractivity contribution in [2.45, 2.75) is 116 Å². The number of rotatable bonds is 8. The van der Waals surface area contributed by atoms with E-state index >= 15 is 0 Å². The molecular formula is C33H46F2. The van der Waals surface area contributed by atoms with Crippen molar-refractivity contribution in [3.63, 3.8) is 0 Å². The molecule has 35 heavy (non-hydrogen) atoms. The van der Waals surface area contributed by atoms with Crippen LogP contribution in [0.4, 0.5) is 8.78 Å². The SMILES string of the molecule is CCCCCCCC1CCC2CC(C3CCC(c4ccc5c(F)c(F)ccc5c4)CC3)CCC2C1. The van der Waals surface area contributed by atoms with Gasteiger partial charge in [0, 0.05) is 5.39 Å². The monoisotopic (exact) mass is 480 g/mol. The van der Waals surface area contributed by atoms with E-state index in [-0.39, 0.29) is 0 Å². The summed E-state index contributed by atoms with van der Waals surface area (Å²) in [7, 11) is 0. The fourth-order valence-corrected chi connectivity index (χ4v) is 8.21. The lowest BCUT2D eigenvalue weighted by atomic mass is 9.60. The molecule has 0 heterocycles. The number of benzene rings is 2. The van der Waals surface area contributed by atoms with E-state index in [1.807, 2.05) is 6.07 Å². The number of fused-ring (bicyclic) bond motifs is 2. The lowest BCUT2D eigenvalue weighted by Gasteiger charge is -2.45. The standard InChI is InChI=1S/C33H46F2/c1-2-3-4-5-6-7-23-8-9-29-21-27(15-14-26(29)20-23)24-10-12-25(13-11-24)28-16-18-31-30(22-28)17-19-32(34)33(31)35/h16-19,22-27,29H,2-15,20-21H2,1H3. The maximum atomic E-state index is 14.1. The molecule has 2 aromatic carbocycles. The van der Waals surface area contributed by atoms with E-state index in [2.05, 4.69) is 13.0 Å². The van der Waals surface area contributed by atoms with Gasteiger partial charge in [-0.15, -0.1) is 0 Å². The van der Waals surface area contributed by atoms with Gasteiger partial charge in [-0.05, 0) is 110 Å². The van der Waals surface area contributed by atoms with Crippen LogP contribution in [-0.4, -0.2) is 0 Å². The highest BCUT2D eigenvalue weighted by atomic mass is 19.2. The quantitative estimate of drug-likeness (QED) is 0.330. The highest BCUT2D eigenvalue weighted by molar-refractivity contribution is 5.84. The minimum Gasteiger partial charge on any atom is -0.204 e. The maximum Gasteiger partial charge on any atom is 0.166 e. The molecule has 192 valence electrons. The first-order valence-corrected chi connectivity index (χ1v) is 15.0. The minimum absolute atomic E-state index is 0.408. The van der Waals surface area contributed by atoms with Crippen molar-refractivity contribution < 1.29 is 8.78 Å². The highest BCUT2D eigenvalue weighted by Gasteiger charge is 2.38. The van der Waals surface area contributed by atoms with E-state index < -0.39 is 11.6 Å². The van der Waals surface area contributed by atoms with Crippen LogP contribution in [0.2, 0.25) is 0 Å². The molecule has 2 aromatic rings. The van der Waals surface area contributed by atoms with E-state index in [4.69, 9.17) is 0 Å². The van der Waals surface area contributed by atoms with Crippen LogP contribution in [0.3, 0.4) is 0 Å². The molecule has 0 radical (unpaired) electrons. The van der Waals surface area contributed by atoms with Crippen molar-refractivity contribution in [2.24, 2.45) is 29.6 Å². The van der Waals surface area contributed by atoms with E-state index in [1.165, 1.54) is 114 Å². The predicted octanol–water partition coefficient (Wildman–Crippen LogP) is 10.6. The second-order valence-electron chi connectivity index (χ2n) is 12.4. The maximum absolute atomic E-state index is 14.1. The summed E-state index contributed by atoms with van der Waals surface area (Å²) in [6.45, 7) is 2.31. The summed E-state index contributed by atoms with van der Waals surface area (Å²) in [6.07, 6.45) is 22.9. The molecule has 0 nitrogen and oxygen atoms in total. The summed E-state index contributed by atoms with van der Waals surface area (Å²) in [5.41, 5.74) is 1.32. The fourth-order valence-electron chi connectivity index (χ4n) is 8.21. The van der Waals surface area contributed by atoms with Crippen molar-refractivity contribution in [1.29, 1.82) is 0 Å². The van der Waals surface area contributed by atoms with Crippen LogP contribution in [0.15, 0.2) is 30.3 Å². The highest BCUT2D eigenvalue weighted by Crippen LogP contribution is 2.50. The Morgan fingerprint density at radius 3 is 2.17 bits per heavy atom. The van der Waals surface area contributed by atoms with Gasteiger partial charge in [0.15, 0.2) is 11.6 Å². The third-order valence-electron chi connectivity index (χ3n) is 10.3. The zero-order chi connectivity index (χ0) is 24.2. The van der Waals surface area contributed by atoms with Crippen LogP contribution in [0, 0.1) is 41.2 Å². The van der Waals surface area contributed by atoms with Crippen LogP contribution in [-0.2, 0) is 0 Å². The summed E-state index contributed by atoms with van der Waals surface area (Å²) >= 11 is 0. The Kier molecular flexibility index (Phi) is 8.46. The average molecular weight is 481 g/mol. The summed E-state index contributed by atoms with van der Waals surface area (Å²) in [5.74, 6) is 4.04. The Labute approximate surface area is 212 Å². The van der Waals surface area contributed by atoms with Crippen molar-refractivity contribution in [3.05, 3.63) is 47.5 Å². The zero-order valence-electron chi connectivity index (χ0n) is 21.9. The lowest BCUT2D eigenvalue weighted by Crippen LogP contribution is -2.34. The Morgan fingerprint density at radius 2 is 1.37 bits per heavy atom. The molecule has 4 unspecified atom stereocenters. The van der Waals surface area contributed by atoms with Gasteiger partial charge in [-0.1, -0.05) is 76.1 Å². The average Bonchev–Trinajstić information content (AvgIpc) is 2.90. The molecule has 0 bridgehead atoms. The van der Waals surface area contributed by atoms with E-state index in [9.17, 15) is 8.78 Å². The second kappa shape index (κ2) is 11.7. The van der Waals surface area contributed by atoms with E-state index in [1.54, 1.807) is 12.1 Å². The summed E-state index contributed by atoms with van der Waals surface area (Å²) in [6, 6.07) is 8.93. The van der Waals surface area contributed by atoms with Crippen LogP contribution < -0.4 is 0 Å². The third-order valence-corrected chi connectivity index (χ3v) is 10.3. The summed E-state index contributed by atoms with van der Waals surface area (Å²) < 4.78 is 27.6. The van der Waals surface area contributed by atoms with Gasteiger partial charge in [-0.25, -0.2) is 8.78 Å². The number of unbranched alkanes of at least 4 members (excludes halogenated alkanes) is 4. The van der Waals surface area contributed by atoms with Crippen molar-refractivity contribution in [2.75, 3.05) is 0 Å². The first-order chi connectivity index (χ1) is 17.1. The van der Waals surface area contributed by atoms with Crippen LogP contribution in [0.25, 0.3) is 10.8 Å². The fraction of sp³-hybridized carbons (Fsp3) is 0.697. The van der Waals surface area contributed by atoms with E-state index in [0.29, 0.717) is 11.3 Å². The zero-order valence-corrected chi connectivity index (χ0v) is 21.9. The first-order valence-electron chi connectivity index (χ1n) is 15.0. The normalized spacial score (nSPS) is 31.4. The lowest BCUT2D eigenvalue weighted by molar-refractivity contribution is 0.0613. The van der Waals surface area contributed by atoms with Crippen LogP contribution in [0.1, 0.15) is 121 Å².